The molecule has 3 rings (SSSR count). The predicted octanol–water partition coefficient (Wildman–Crippen LogP) is 0.718. The minimum atomic E-state index is -0.534. The average Bonchev–Trinajstić information content (AvgIpc) is 2.76. The number of oxazole rings is 1. The Morgan fingerprint density at radius 1 is 1.47 bits per heavy atom. The highest BCUT2D eigenvalue weighted by Gasteiger charge is 2.23. The van der Waals surface area contributed by atoms with Crippen molar-refractivity contribution in [3.8, 4) is 0 Å². The molecule has 0 radical (unpaired) electrons. The van der Waals surface area contributed by atoms with E-state index < -0.39 is 11.9 Å². The number of hydrogen-bond donors (Lipinski definition) is 2. The van der Waals surface area contributed by atoms with Crippen molar-refractivity contribution < 1.29 is 14.3 Å². The quantitative estimate of drug-likeness (QED) is 0.792. The monoisotopic (exact) mass is 262 g/mol. The van der Waals surface area contributed by atoms with Gasteiger partial charge in [-0.25, -0.2) is 4.79 Å². The van der Waals surface area contributed by atoms with Crippen LogP contribution in [-0.4, -0.2) is 40.1 Å². The van der Waals surface area contributed by atoms with E-state index in [0.717, 1.165) is 12.8 Å². The Balaban J connectivity index is 1.90. The van der Waals surface area contributed by atoms with Crippen molar-refractivity contribution in [2.45, 2.75) is 18.9 Å². The average molecular weight is 262 g/mol. The number of β-amino-alcohol motifs (C(OH)–C–C–N with tert-alkyl or cyclic N) is 1. The maximum Gasteiger partial charge on any atom is 0.417 e. The van der Waals surface area contributed by atoms with Crippen LogP contribution in [0.15, 0.2) is 27.4 Å². The highest BCUT2D eigenvalue weighted by Crippen LogP contribution is 2.17. The largest absolute Gasteiger partial charge is 0.417 e. The smallest absolute Gasteiger partial charge is 0.408 e. The molecular formula is C13H14N2O4. The number of piperidine rings is 1. The second kappa shape index (κ2) is 4.55. The van der Waals surface area contributed by atoms with E-state index in [9.17, 15) is 14.7 Å². The lowest BCUT2D eigenvalue weighted by atomic mass is 10.1. The molecule has 1 aromatic heterocycles. The van der Waals surface area contributed by atoms with Gasteiger partial charge in [-0.2, -0.15) is 0 Å². The second-order valence-electron chi connectivity index (χ2n) is 4.77. The first-order valence-corrected chi connectivity index (χ1v) is 6.24. The number of carbonyl (C=O) groups excluding carboxylic acids is 1. The molecule has 100 valence electrons. The number of benzene rings is 1. The number of likely N-dealkylation sites (tertiary alicyclic amines) is 1. The van der Waals surface area contributed by atoms with Crippen molar-refractivity contribution in [2.24, 2.45) is 0 Å². The van der Waals surface area contributed by atoms with Crippen molar-refractivity contribution in [3.05, 3.63) is 34.3 Å². The molecule has 1 fully saturated rings. The van der Waals surface area contributed by atoms with Gasteiger partial charge in [0.25, 0.3) is 5.91 Å². The van der Waals surface area contributed by atoms with Gasteiger partial charge in [-0.05, 0) is 31.0 Å². The molecule has 19 heavy (non-hydrogen) atoms. The van der Waals surface area contributed by atoms with E-state index in [1.807, 2.05) is 0 Å². The molecule has 1 atom stereocenters. The van der Waals surface area contributed by atoms with Crippen LogP contribution in [0.3, 0.4) is 0 Å². The molecule has 0 spiro atoms. The molecular weight excluding hydrogens is 248 g/mol. The Kier molecular flexibility index (Phi) is 2.87. The van der Waals surface area contributed by atoms with Crippen LogP contribution in [0.4, 0.5) is 0 Å². The normalized spacial score (nSPS) is 19.8. The molecule has 1 aromatic carbocycles. The first kappa shape index (κ1) is 12.0. The first-order valence-electron chi connectivity index (χ1n) is 6.24. The summed E-state index contributed by atoms with van der Waals surface area (Å²) in [6.07, 6.45) is 1.09. The van der Waals surface area contributed by atoms with Gasteiger partial charge in [0.2, 0.25) is 0 Å². The van der Waals surface area contributed by atoms with E-state index in [1.54, 1.807) is 23.1 Å². The lowest BCUT2D eigenvalue weighted by Gasteiger charge is -2.30. The molecule has 6 nitrogen and oxygen atoms in total. The fourth-order valence-corrected chi connectivity index (χ4v) is 2.41. The van der Waals surface area contributed by atoms with Gasteiger partial charge in [0.15, 0.2) is 5.58 Å². The molecule has 0 bridgehead atoms. The van der Waals surface area contributed by atoms with Crippen LogP contribution in [-0.2, 0) is 0 Å². The number of aromatic amines is 1. The minimum absolute atomic E-state index is 0.136. The summed E-state index contributed by atoms with van der Waals surface area (Å²) >= 11 is 0. The number of fused-ring (bicyclic) bond motifs is 1. The maximum absolute atomic E-state index is 12.3. The summed E-state index contributed by atoms with van der Waals surface area (Å²) in [5.41, 5.74) is 1.42. The number of H-pyrrole nitrogens is 1. The molecule has 2 aromatic rings. The topological polar surface area (TPSA) is 86.5 Å². The van der Waals surface area contributed by atoms with Crippen molar-refractivity contribution in [1.82, 2.24) is 9.88 Å². The van der Waals surface area contributed by atoms with E-state index in [1.165, 1.54) is 0 Å². The van der Waals surface area contributed by atoms with Gasteiger partial charge < -0.3 is 14.4 Å². The van der Waals surface area contributed by atoms with Crippen molar-refractivity contribution >= 4 is 17.0 Å². The van der Waals surface area contributed by atoms with Crippen molar-refractivity contribution in [3.63, 3.8) is 0 Å². The fourth-order valence-electron chi connectivity index (χ4n) is 2.41. The van der Waals surface area contributed by atoms with Crippen LogP contribution in [0.5, 0.6) is 0 Å². The van der Waals surface area contributed by atoms with Crippen molar-refractivity contribution in [2.75, 3.05) is 13.1 Å². The third-order valence-corrected chi connectivity index (χ3v) is 3.35. The number of aliphatic hydroxyl groups is 1. The van der Waals surface area contributed by atoms with E-state index in [4.69, 9.17) is 4.42 Å². The highest BCUT2D eigenvalue weighted by atomic mass is 16.4. The highest BCUT2D eigenvalue weighted by molar-refractivity contribution is 5.97. The number of amides is 1. The zero-order valence-corrected chi connectivity index (χ0v) is 10.3. The Hall–Kier alpha value is -2.08. The Morgan fingerprint density at radius 2 is 2.32 bits per heavy atom. The van der Waals surface area contributed by atoms with Crippen LogP contribution in [0.2, 0.25) is 0 Å². The van der Waals surface area contributed by atoms with E-state index in [2.05, 4.69) is 4.98 Å². The second-order valence-corrected chi connectivity index (χ2v) is 4.77. The van der Waals surface area contributed by atoms with Crippen molar-refractivity contribution in [1.29, 1.82) is 0 Å². The Morgan fingerprint density at radius 3 is 3.11 bits per heavy atom. The van der Waals surface area contributed by atoms with Gasteiger partial charge >= 0.3 is 5.76 Å². The molecule has 0 saturated carbocycles. The van der Waals surface area contributed by atoms with E-state index in [0.29, 0.717) is 29.8 Å². The molecule has 1 aliphatic rings. The molecule has 2 N–H and O–H groups in total. The summed E-state index contributed by atoms with van der Waals surface area (Å²) in [7, 11) is 0. The summed E-state index contributed by atoms with van der Waals surface area (Å²) in [4.78, 5) is 27.5. The molecule has 1 aliphatic heterocycles. The molecule has 0 aliphatic carbocycles. The number of aromatic nitrogens is 1. The Bertz CT molecular complexity index is 673. The van der Waals surface area contributed by atoms with Crippen LogP contribution in [0.25, 0.3) is 11.1 Å². The van der Waals surface area contributed by atoms with Gasteiger partial charge in [-0.1, -0.05) is 0 Å². The first-order chi connectivity index (χ1) is 9.13. The zero-order valence-electron chi connectivity index (χ0n) is 10.3. The van der Waals surface area contributed by atoms with E-state index in [-0.39, 0.29) is 5.91 Å². The lowest BCUT2D eigenvalue weighted by molar-refractivity contribution is 0.0474. The summed E-state index contributed by atoms with van der Waals surface area (Å²) in [5, 5.41) is 9.59. The number of nitrogens with one attached hydrogen (secondary N) is 1. The van der Waals surface area contributed by atoms with Gasteiger partial charge in [0.1, 0.15) is 0 Å². The van der Waals surface area contributed by atoms with Crippen LogP contribution >= 0.6 is 0 Å². The van der Waals surface area contributed by atoms with Gasteiger partial charge in [0, 0.05) is 18.7 Å². The molecule has 6 heteroatoms. The maximum atomic E-state index is 12.3. The molecule has 1 saturated heterocycles. The standard InChI is InChI=1S/C13H14N2O4/c16-9-2-1-5-15(7-9)12(17)8-3-4-11-10(6-8)14-13(18)19-11/h3-4,6,9,16H,1-2,5,7H2,(H,14,18). The lowest BCUT2D eigenvalue weighted by Crippen LogP contribution is -2.42. The molecule has 1 amide bonds. The predicted molar refractivity (Wildman–Crippen MR) is 68.0 cm³/mol. The van der Waals surface area contributed by atoms with Crippen LogP contribution < -0.4 is 5.76 Å². The van der Waals surface area contributed by atoms with Gasteiger partial charge in [-0.3, -0.25) is 9.78 Å². The number of carbonyl (C=O) groups is 1. The summed E-state index contributed by atoms with van der Waals surface area (Å²) in [6.45, 7) is 1.01. The number of hydrogen-bond acceptors (Lipinski definition) is 4. The summed E-state index contributed by atoms with van der Waals surface area (Å²) in [5.74, 6) is -0.671. The van der Waals surface area contributed by atoms with Gasteiger partial charge in [0.05, 0.1) is 11.6 Å². The van der Waals surface area contributed by atoms with Crippen LogP contribution in [0.1, 0.15) is 23.2 Å². The SMILES string of the molecule is O=C(c1ccc2oc(=O)[nH]c2c1)N1CCCC(O)C1. The zero-order chi connectivity index (χ0) is 13.4. The summed E-state index contributed by atoms with van der Waals surface area (Å²) < 4.78 is 4.89. The van der Waals surface area contributed by atoms with E-state index >= 15 is 0 Å². The number of rotatable bonds is 1. The third-order valence-electron chi connectivity index (χ3n) is 3.35. The third kappa shape index (κ3) is 2.26. The molecule has 2 heterocycles. The summed E-state index contributed by atoms with van der Waals surface area (Å²) in [6, 6.07) is 4.83. The molecule has 1 unspecified atom stereocenters. The minimum Gasteiger partial charge on any atom is -0.408 e. The Labute approximate surface area is 108 Å². The fraction of sp³-hybridized carbons (Fsp3) is 0.385. The number of nitrogens with zero attached hydrogens (tertiary/aromatic N) is 1. The van der Waals surface area contributed by atoms with Crippen LogP contribution in [0, 0.1) is 0 Å². The number of aliphatic hydroxyl groups excluding tert-OH is 1. The van der Waals surface area contributed by atoms with Gasteiger partial charge in [-0.15, -0.1) is 0 Å².